The number of nitrogens with one attached hydrogen (secondary N) is 2. The first-order valence-corrected chi connectivity index (χ1v) is 8.41. The third kappa shape index (κ3) is 5.71. The molecule has 0 saturated heterocycles. The molecule has 4 N–H and O–H groups in total. The lowest BCUT2D eigenvalue weighted by Crippen LogP contribution is -2.43. The number of carbonyl (C=O) groups excluding carboxylic acids is 2. The SMILES string of the molecule is CNC(=O)c1ccc(N(CCOc2cccc(C(=N)N)c2)C(=O)C(F)(F)F)cc1. The highest BCUT2D eigenvalue weighted by Crippen LogP contribution is 2.24. The Morgan fingerprint density at radius 2 is 1.79 bits per heavy atom. The summed E-state index contributed by atoms with van der Waals surface area (Å²) in [6, 6.07) is 11.3. The number of halogens is 3. The van der Waals surface area contributed by atoms with Crippen molar-refractivity contribution in [3.8, 4) is 5.75 Å². The lowest BCUT2D eigenvalue weighted by molar-refractivity contribution is -0.170. The number of alkyl halides is 3. The van der Waals surface area contributed by atoms with E-state index in [-0.39, 0.29) is 30.2 Å². The molecular weight excluding hydrogens is 389 g/mol. The third-order valence-corrected chi connectivity index (χ3v) is 3.88. The van der Waals surface area contributed by atoms with Gasteiger partial charge >= 0.3 is 12.1 Å². The van der Waals surface area contributed by atoms with E-state index in [1.807, 2.05) is 0 Å². The molecule has 0 fully saturated rings. The van der Waals surface area contributed by atoms with Crippen LogP contribution in [0, 0.1) is 5.41 Å². The van der Waals surface area contributed by atoms with Gasteiger partial charge in [0.15, 0.2) is 0 Å². The van der Waals surface area contributed by atoms with Gasteiger partial charge in [-0.15, -0.1) is 0 Å². The Bertz CT molecular complexity index is 898. The monoisotopic (exact) mass is 408 g/mol. The van der Waals surface area contributed by atoms with Gasteiger partial charge in [-0.1, -0.05) is 12.1 Å². The molecule has 0 atom stereocenters. The average Bonchev–Trinajstić information content (AvgIpc) is 2.70. The quantitative estimate of drug-likeness (QED) is 0.483. The lowest BCUT2D eigenvalue weighted by atomic mass is 10.2. The molecule has 0 bridgehead atoms. The van der Waals surface area contributed by atoms with E-state index in [9.17, 15) is 22.8 Å². The molecule has 2 amide bonds. The van der Waals surface area contributed by atoms with Crippen LogP contribution in [0.5, 0.6) is 5.75 Å². The second-order valence-electron chi connectivity index (χ2n) is 5.87. The van der Waals surface area contributed by atoms with Crippen molar-refractivity contribution in [1.82, 2.24) is 5.32 Å². The van der Waals surface area contributed by atoms with Gasteiger partial charge in [-0.05, 0) is 36.4 Å². The van der Waals surface area contributed by atoms with Crippen molar-refractivity contribution >= 4 is 23.3 Å². The Morgan fingerprint density at radius 1 is 1.14 bits per heavy atom. The zero-order valence-electron chi connectivity index (χ0n) is 15.4. The van der Waals surface area contributed by atoms with E-state index in [2.05, 4.69) is 5.32 Å². The number of rotatable bonds is 7. The summed E-state index contributed by atoms with van der Waals surface area (Å²) in [6.45, 7) is -0.623. The number of nitrogen functional groups attached to an aromatic ring is 1. The summed E-state index contributed by atoms with van der Waals surface area (Å²) in [5.41, 5.74) is 6.00. The van der Waals surface area contributed by atoms with Crippen LogP contribution in [0.25, 0.3) is 0 Å². The van der Waals surface area contributed by atoms with Gasteiger partial charge in [-0.2, -0.15) is 13.2 Å². The van der Waals surface area contributed by atoms with Crippen LogP contribution in [0.15, 0.2) is 48.5 Å². The molecule has 0 aliphatic carbocycles. The topological polar surface area (TPSA) is 109 Å². The molecule has 0 radical (unpaired) electrons. The standard InChI is InChI=1S/C19H19F3N4O3/c1-25-17(27)12-5-7-14(8-6-12)26(18(28)19(20,21)22)9-10-29-15-4-2-3-13(11-15)16(23)24/h2-8,11H,9-10H2,1H3,(H3,23,24)(H,25,27). The van der Waals surface area contributed by atoms with Crippen molar-refractivity contribution in [2.75, 3.05) is 25.1 Å². The van der Waals surface area contributed by atoms with E-state index in [0.29, 0.717) is 16.2 Å². The Labute approximate surface area is 164 Å². The van der Waals surface area contributed by atoms with Gasteiger partial charge in [0.1, 0.15) is 18.2 Å². The number of anilines is 1. The van der Waals surface area contributed by atoms with Gasteiger partial charge in [0.05, 0.1) is 6.54 Å². The normalized spacial score (nSPS) is 10.9. The largest absolute Gasteiger partial charge is 0.492 e. The summed E-state index contributed by atoms with van der Waals surface area (Å²) in [6.07, 6.45) is -5.08. The second-order valence-corrected chi connectivity index (χ2v) is 5.87. The predicted molar refractivity (Wildman–Crippen MR) is 101 cm³/mol. The van der Waals surface area contributed by atoms with Crippen molar-refractivity contribution in [2.45, 2.75) is 6.18 Å². The van der Waals surface area contributed by atoms with Crippen LogP contribution >= 0.6 is 0 Å². The van der Waals surface area contributed by atoms with E-state index >= 15 is 0 Å². The van der Waals surface area contributed by atoms with Crippen LogP contribution in [0.1, 0.15) is 15.9 Å². The van der Waals surface area contributed by atoms with E-state index in [0.717, 1.165) is 0 Å². The van der Waals surface area contributed by atoms with Crippen molar-refractivity contribution < 1.29 is 27.5 Å². The molecule has 154 valence electrons. The number of amides is 2. The molecule has 0 saturated carbocycles. The maximum atomic E-state index is 13.0. The molecule has 2 rings (SSSR count). The summed E-state index contributed by atoms with van der Waals surface area (Å²) in [5, 5.41) is 9.79. The fourth-order valence-corrected chi connectivity index (χ4v) is 2.45. The summed E-state index contributed by atoms with van der Waals surface area (Å²) < 4.78 is 44.4. The maximum Gasteiger partial charge on any atom is 0.471 e. The predicted octanol–water partition coefficient (Wildman–Crippen LogP) is 2.30. The number of ether oxygens (including phenoxy) is 1. The van der Waals surface area contributed by atoms with Crippen LogP contribution in [0.2, 0.25) is 0 Å². The number of nitrogens with two attached hydrogens (primary N) is 1. The highest BCUT2D eigenvalue weighted by molar-refractivity contribution is 5.98. The Balaban J connectivity index is 2.17. The van der Waals surface area contributed by atoms with Crippen molar-refractivity contribution in [3.63, 3.8) is 0 Å². The number of carbonyl (C=O) groups is 2. The van der Waals surface area contributed by atoms with Gasteiger partial charge < -0.3 is 20.7 Å². The number of hydrogen-bond acceptors (Lipinski definition) is 4. The number of nitrogens with zero attached hydrogens (tertiary/aromatic N) is 1. The summed E-state index contributed by atoms with van der Waals surface area (Å²) in [4.78, 5) is 24.0. The van der Waals surface area contributed by atoms with E-state index < -0.39 is 18.0 Å². The minimum absolute atomic E-state index is 0.0268. The van der Waals surface area contributed by atoms with Crippen LogP contribution in [0.3, 0.4) is 0 Å². The molecule has 0 spiro atoms. The molecule has 10 heteroatoms. The number of amidine groups is 1. The van der Waals surface area contributed by atoms with Crippen molar-refractivity contribution in [2.24, 2.45) is 5.73 Å². The molecule has 7 nitrogen and oxygen atoms in total. The first-order chi connectivity index (χ1) is 13.6. The first-order valence-electron chi connectivity index (χ1n) is 8.41. The highest BCUT2D eigenvalue weighted by Gasteiger charge is 2.43. The molecule has 2 aromatic rings. The molecule has 0 aromatic heterocycles. The zero-order valence-corrected chi connectivity index (χ0v) is 15.4. The molecule has 0 unspecified atom stereocenters. The molecule has 0 aliphatic heterocycles. The summed E-state index contributed by atoms with van der Waals surface area (Å²) in [5.74, 6) is -2.34. The minimum Gasteiger partial charge on any atom is -0.492 e. The minimum atomic E-state index is -5.08. The smallest absolute Gasteiger partial charge is 0.471 e. The van der Waals surface area contributed by atoms with Crippen molar-refractivity contribution in [3.05, 3.63) is 59.7 Å². The van der Waals surface area contributed by atoms with E-state index in [1.54, 1.807) is 18.2 Å². The number of benzene rings is 2. The Hall–Kier alpha value is -3.56. The maximum absolute atomic E-state index is 13.0. The molecule has 2 aromatic carbocycles. The number of hydrogen-bond donors (Lipinski definition) is 3. The van der Waals surface area contributed by atoms with Crippen LogP contribution in [-0.2, 0) is 4.79 Å². The highest BCUT2D eigenvalue weighted by atomic mass is 19.4. The second kappa shape index (κ2) is 9.09. The molecular formula is C19H19F3N4O3. The van der Waals surface area contributed by atoms with Gasteiger partial charge in [-0.3, -0.25) is 15.0 Å². The van der Waals surface area contributed by atoms with Crippen molar-refractivity contribution in [1.29, 1.82) is 5.41 Å². The third-order valence-electron chi connectivity index (χ3n) is 3.88. The van der Waals surface area contributed by atoms with E-state index in [1.165, 1.54) is 37.4 Å². The first kappa shape index (κ1) is 21.7. The molecule has 0 heterocycles. The van der Waals surface area contributed by atoms with Gasteiger partial charge in [0, 0.05) is 23.9 Å². The molecule has 0 aliphatic rings. The van der Waals surface area contributed by atoms with E-state index in [4.69, 9.17) is 15.9 Å². The average molecular weight is 408 g/mol. The Kier molecular flexibility index (Phi) is 6.81. The Morgan fingerprint density at radius 3 is 2.34 bits per heavy atom. The summed E-state index contributed by atoms with van der Waals surface area (Å²) in [7, 11) is 1.42. The van der Waals surface area contributed by atoms with Crippen LogP contribution in [0.4, 0.5) is 18.9 Å². The fraction of sp³-hybridized carbons (Fsp3) is 0.211. The lowest BCUT2D eigenvalue weighted by Gasteiger charge is -2.24. The molecule has 29 heavy (non-hydrogen) atoms. The summed E-state index contributed by atoms with van der Waals surface area (Å²) >= 11 is 0. The zero-order chi connectivity index (χ0) is 21.6. The van der Waals surface area contributed by atoms with Gasteiger partial charge in [0.25, 0.3) is 5.91 Å². The van der Waals surface area contributed by atoms with Gasteiger partial charge in [0.2, 0.25) is 0 Å². The van der Waals surface area contributed by atoms with Crippen LogP contribution in [-0.4, -0.2) is 44.0 Å². The van der Waals surface area contributed by atoms with Crippen LogP contribution < -0.4 is 20.7 Å². The fourth-order valence-electron chi connectivity index (χ4n) is 2.45. The van der Waals surface area contributed by atoms with Gasteiger partial charge in [-0.25, -0.2) is 0 Å².